The van der Waals surface area contributed by atoms with Gasteiger partial charge in [0.05, 0.1) is 12.6 Å². The van der Waals surface area contributed by atoms with E-state index in [4.69, 9.17) is 20.5 Å². The Hall–Kier alpha value is -2.24. The van der Waals surface area contributed by atoms with Crippen LogP contribution in [0.25, 0.3) is 0 Å². The second-order valence-corrected chi connectivity index (χ2v) is 6.30. The van der Waals surface area contributed by atoms with Crippen LogP contribution < -0.4 is 16.4 Å². The molecule has 1 aromatic heterocycles. The predicted molar refractivity (Wildman–Crippen MR) is 94.4 cm³/mol. The van der Waals surface area contributed by atoms with Gasteiger partial charge in [-0.15, -0.1) is 0 Å². The molecule has 7 N–H and O–H groups in total. The Morgan fingerprint density at radius 2 is 1.89 bits per heavy atom. The van der Waals surface area contributed by atoms with Gasteiger partial charge in [0.1, 0.15) is 6.04 Å². The summed E-state index contributed by atoms with van der Waals surface area (Å²) in [5.74, 6) is -0.611. The van der Waals surface area contributed by atoms with E-state index in [1.54, 1.807) is 0 Å². The number of carboxylic acid groups (broad SMARTS) is 1. The van der Waals surface area contributed by atoms with Crippen LogP contribution in [0.3, 0.4) is 0 Å². The Morgan fingerprint density at radius 1 is 1.26 bits per heavy atom. The average molecular weight is 387 g/mol. The average Bonchev–Trinajstić information content (AvgIpc) is 3.15. The summed E-state index contributed by atoms with van der Waals surface area (Å²) in [6.07, 6.45) is 3.76. The maximum atomic E-state index is 12.3. The van der Waals surface area contributed by atoms with Crippen LogP contribution in [0.2, 0.25) is 0 Å². The molecule has 0 saturated heterocycles. The van der Waals surface area contributed by atoms with Crippen LogP contribution in [0.15, 0.2) is 4.52 Å². The lowest BCUT2D eigenvalue weighted by Crippen LogP contribution is -2.52. The van der Waals surface area contributed by atoms with Crippen molar-refractivity contribution < 1.29 is 29.4 Å². The molecule has 2 amide bonds. The van der Waals surface area contributed by atoms with Crippen molar-refractivity contribution in [1.29, 1.82) is 0 Å². The van der Waals surface area contributed by atoms with Gasteiger partial charge in [-0.25, -0.2) is 9.59 Å². The molecular formula is C16H29N5O6. The van der Waals surface area contributed by atoms with Gasteiger partial charge in [-0.05, 0) is 25.7 Å². The summed E-state index contributed by atoms with van der Waals surface area (Å²) in [6, 6.07) is -2.65. The van der Waals surface area contributed by atoms with E-state index in [2.05, 4.69) is 20.8 Å². The number of aliphatic hydroxyl groups excluding tert-OH is 2. The number of nitrogens with zero attached hydrogens (tertiary/aromatic N) is 2. The molecule has 1 heterocycles. The number of nitrogens with one attached hydrogen (secondary N) is 2. The highest BCUT2D eigenvalue weighted by Crippen LogP contribution is 2.33. The minimum absolute atomic E-state index is 0.111. The summed E-state index contributed by atoms with van der Waals surface area (Å²) in [5.41, 5.74) is 5.50. The van der Waals surface area contributed by atoms with Crippen LogP contribution in [0.1, 0.15) is 56.8 Å². The molecule has 1 saturated carbocycles. The SMILES string of the molecule is CC(O)C(NC(=O)NC(c1nc(CN)no1)C1CCCCC1)C(=O)O.CO. The summed E-state index contributed by atoms with van der Waals surface area (Å²) >= 11 is 0. The molecule has 27 heavy (non-hydrogen) atoms. The summed E-state index contributed by atoms with van der Waals surface area (Å²) in [5, 5.41) is 34.3. The number of nitrogens with two attached hydrogens (primary N) is 1. The van der Waals surface area contributed by atoms with Gasteiger partial charge in [0, 0.05) is 7.11 Å². The zero-order valence-electron chi connectivity index (χ0n) is 15.6. The monoisotopic (exact) mass is 387 g/mol. The minimum atomic E-state index is -1.41. The molecule has 1 aliphatic rings. The summed E-state index contributed by atoms with van der Waals surface area (Å²) in [6.45, 7) is 1.42. The van der Waals surface area contributed by atoms with Crippen LogP contribution >= 0.6 is 0 Å². The molecule has 1 aliphatic carbocycles. The van der Waals surface area contributed by atoms with Gasteiger partial charge >= 0.3 is 12.0 Å². The summed E-state index contributed by atoms with van der Waals surface area (Å²) < 4.78 is 5.22. The highest BCUT2D eigenvalue weighted by Gasteiger charge is 2.32. The van der Waals surface area contributed by atoms with E-state index in [0.717, 1.165) is 39.2 Å². The molecule has 2 rings (SSSR count). The highest BCUT2D eigenvalue weighted by molar-refractivity contribution is 5.83. The summed E-state index contributed by atoms with van der Waals surface area (Å²) in [4.78, 5) is 27.6. The fourth-order valence-corrected chi connectivity index (χ4v) is 3.04. The van der Waals surface area contributed by atoms with Crippen LogP contribution in [0.5, 0.6) is 0 Å². The quantitative estimate of drug-likeness (QED) is 0.371. The number of aliphatic carboxylic acids is 1. The van der Waals surface area contributed by atoms with Crippen LogP contribution in [0.4, 0.5) is 4.79 Å². The van der Waals surface area contributed by atoms with Crippen molar-refractivity contribution in [1.82, 2.24) is 20.8 Å². The molecule has 11 heteroatoms. The maximum Gasteiger partial charge on any atom is 0.328 e. The van der Waals surface area contributed by atoms with Crippen molar-refractivity contribution >= 4 is 12.0 Å². The minimum Gasteiger partial charge on any atom is -0.480 e. The fraction of sp³-hybridized carbons (Fsp3) is 0.750. The molecular weight excluding hydrogens is 358 g/mol. The van der Waals surface area contributed by atoms with E-state index in [1.807, 2.05) is 0 Å². The van der Waals surface area contributed by atoms with E-state index in [0.29, 0.717) is 5.82 Å². The molecule has 154 valence electrons. The van der Waals surface area contributed by atoms with E-state index < -0.39 is 30.2 Å². The number of carboxylic acids is 1. The van der Waals surface area contributed by atoms with Crippen molar-refractivity contribution in [3.63, 3.8) is 0 Å². The normalized spacial score (nSPS) is 17.8. The van der Waals surface area contributed by atoms with Crippen LogP contribution in [-0.2, 0) is 11.3 Å². The Morgan fingerprint density at radius 3 is 2.37 bits per heavy atom. The molecule has 0 radical (unpaired) electrons. The lowest BCUT2D eigenvalue weighted by molar-refractivity contribution is -0.141. The van der Waals surface area contributed by atoms with Crippen LogP contribution in [-0.4, -0.2) is 56.7 Å². The first kappa shape index (κ1) is 22.8. The Balaban J connectivity index is 0.00000176. The second-order valence-electron chi connectivity index (χ2n) is 6.30. The predicted octanol–water partition coefficient (Wildman–Crippen LogP) is -0.109. The van der Waals surface area contributed by atoms with Crippen molar-refractivity contribution in [2.75, 3.05) is 7.11 Å². The molecule has 0 aromatic carbocycles. The largest absolute Gasteiger partial charge is 0.480 e. The first-order valence-electron chi connectivity index (χ1n) is 8.87. The third-order valence-corrected chi connectivity index (χ3v) is 4.38. The number of carbonyl (C=O) groups excluding carboxylic acids is 1. The first-order valence-corrected chi connectivity index (χ1v) is 8.87. The van der Waals surface area contributed by atoms with Gasteiger partial charge < -0.3 is 36.2 Å². The molecule has 3 unspecified atom stereocenters. The van der Waals surface area contributed by atoms with Crippen LogP contribution in [0, 0.1) is 5.92 Å². The number of hydrogen-bond acceptors (Lipinski definition) is 8. The third kappa shape index (κ3) is 6.77. The molecule has 11 nitrogen and oxygen atoms in total. The Bertz CT molecular complexity index is 588. The van der Waals surface area contributed by atoms with Crippen molar-refractivity contribution in [2.24, 2.45) is 11.7 Å². The van der Waals surface area contributed by atoms with Crippen molar-refractivity contribution in [3.05, 3.63) is 11.7 Å². The zero-order valence-corrected chi connectivity index (χ0v) is 15.6. The molecule has 0 bridgehead atoms. The molecule has 1 fully saturated rings. The second kappa shape index (κ2) is 11.5. The molecule has 0 spiro atoms. The van der Waals surface area contributed by atoms with Gasteiger partial charge in [0.15, 0.2) is 11.9 Å². The fourth-order valence-electron chi connectivity index (χ4n) is 3.04. The lowest BCUT2D eigenvalue weighted by Gasteiger charge is -2.29. The Labute approximate surface area is 157 Å². The van der Waals surface area contributed by atoms with E-state index >= 15 is 0 Å². The van der Waals surface area contributed by atoms with Gasteiger partial charge in [-0.3, -0.25) is 0 Å². The molecule has 3 atom stereocenters. The van der Waals surface area contributed by atoms with E-state index in [9.17, 15) is 14.7 Å². The maximum absolute atomic E-state index is 12.3. The van der Waals surface area contributed by atoms with Gasteiger partial charge in [-0.1, -0.05) is 24.4 Å². The number of amides is 2. The number of rotatable bonds is 7. The van der Waals surface area contributed by atoms with Gasteiger partial charge in [-0.2, -0.15) is 4.98 Å². The molecule has 1 aromatic rings. The highest BCUT2D eigenvalue weighted by atomic mass is 16.5. The number of carbonyl (C=O) groups is 2. The number of hydrogen-bond donors (Lipinski definition) is 6. The van der Waals surface area contributed by atoms with Gasteiger partial charge in [0.2, 0.25) is 5.89 Å². The van der Waals surface area contributed by atoms with E-state index in [-0.39, 0.29) is 18.4 Å². The number of aromatic nitrogens is 2. The Kier molecular flexibility index (Phi) is 9.68. The number of urea groups is 1. The van der Waals surface area contributed by atoms with E-state index in [1.165, 1.54) is 6.92 Å². The topological polar surface area (TPSA) is 184 Å². The van der Waals surface area contributed by atoms with Gasteiger partial charge in [0.25, 0.3) is 0 Å². The zero-order chi connectivity index (χ0) is 20.4. The van der Waals surface area contributed by atoms with Crippen molar-refractivity contribution in [2.45, 2.75) is 63.8 Å². The lowest BCUT2D eigenvalue weighted by atomic mass is 9.84. The smallest absolute Gasteiger partial charge is 0.328 e. The van der Waals surface area contributed by atoms with Crippen molar-refractivity contribution in [3.8, 4) is 0 Å². The molecule has 0 aliphatic heterocycles. The number of aliphatic hydroxyl groups is 2. The summed E-state index contributed by atoms with van der Waals surface area (Å²) in [7, 11) is 1.00. The first-order chi connectivity index (χ1) is 12.9. The third-order valence-electron chi connectivity index (χ3n) is 4.38. The standard InChI is InChI=1S/C15H25N5O5.CH4O/c1-8(21)11(14(22)23)18-15(24)19-12(9-5-3-2-4-6-9)13-17-10(7-16)20-25-13;1-2/h8-9,11-12,21H,2-7,16H2,1H3,(H,22,23)(H2,18,19,24);2H,1H3.